The highest BCUT2D eigenvalue weighted by atomic mass is 16.7. The SMILES string of the molecule is COc1ccc2c(c1)CCC=C2CC1OCCO1. The summed E-state index contributed by atoms with van der Waals surface area (Å²) in [7, 11) is 1.71. The number of benzene rings is 1. The summed E-state index contributed by atoms with van der Waals surface area (Å²) in [6.07, 6.45) is 5.26. The molecular weight excluding hydrogens is 228 g/mol. The van der Waals surface area contributed by atoms with Gasteiger partial charge in [-0.15, -0.1) is 0 Å². The number of aryl methyl sites for hydroxylation is 1. The smallest absolute Gasteiger partial charge is 0.161 e. The van der Waals surface area contributed by atoms with Crippen molar-refractivity contribution in [2.24, 2.45) is 0 Å². The summed E-state index contributed by atoms with van der Waals surface area (Å²) >= 11 is 0. The second-order valence-corrected chi connectivity index (χ2v) is 4.67. The van der Waals surface area contributed by atoms with Gasteiger partial charge in [-0.1, -0.05) is 12.1 Å². The van der Waals surface area contributed by atoms with E-state index in [2.05, 4.69) is 18.2 Å². The lowest BCUT2D eigenvalue weighted by molar-refractivity contribution is -0.0363. The van der Waals surface area contributed by atoms with Gasteiger partial charge in [-0.2, -0.15) is 0 Å². The maximum atomic E-state index is 5.53. The Hall–Kier alpha value is -1.32. The molecule has 1 aromatic carbocycles. The molecule has 3 heteroatoms. The lowest BCUT2D eigenvalue weighted by Crippen LogP contribution is -2.10. The first-order chi connectivity index (χ1) is 8.86. The highest BCUT2D eigenvalue weighted by Gasteiger charge is 2.21. The Bertz CT molecular complexity index is 459. The molecule has 3 nitrogen and oxygen atoms in total. The van der Waals surface area contributed by atoms with Gasteiger partial charge in [-0.3, -0.25) is 0 Å². The molecule has 0 radical (unpaired) electrons. The van der Waals surface area contributed by atoms with Crippen molar-refractivity contribution in [3.05, 3.63) is 35.4 Å². The summed E-state index contributed by atoms with van der Waals surface area (Å²) in [5.41, 5.74) is 4.02. The van der Waals surface area contributed by atoms with Crippen molar-refractivity contribution in [1.82, 2.24) is 0 Å². The topological polar surface area (TPSA) is 27.7 Å². The number of hydrogen-bond donors (Lipinski definition) is 0. The van der Waals surface area contributed by atoms with Crippen LogP contribution in [0.15, 0.2) is 24.3 Å². The molecule has 0 aromatic heterocycles. The van der Waals surface area contributed by atoms with E-state index < -0.39 is 0 Å². The molecule has 3 rings (SSSR count). The van der Waals surface area contributed by atoms with Crippen LogP contribution in [0, 0.1) is 0 Å². The van der Waals surface area contributed by atoms with E-state index in [0.29, 0.717) is 13.2 Å². The van der Waals surface area contributed by atoms with Crippen LogP contribution in [0.5, 0.6) is 5.75 Å². The van der Waals surface area contributed by atoms with E-state index in [0.717, 1.165) is 25.0 Å². The van der Waals surface area contributed by atoms with E-state index in [-0.39, 0.29) is 6.29 Å². The third-order valence-corrected chi connectivity index (χ3v) is 3.54. The molecule has 0 spiro atoms. The Morgan fingerprint density at radius 1 is 1.28 bits per heavy atom. The molecule has 1 heterocycles. The lowest BCUT2D eigenvalue weighted by Gasteiger charge is -2.20. The van der Waals surface area contributed by atoms with Gasteiger partial charge in [0.25, 0.3) is 0 Å². The maximum absolute atomic E-state index is 5.53. The zero-order valence-corrected chi connectivity index (χ0v) is 10.6. The van der Waals surface area contributed by atoms with Crippen LogP contribution in [-0.2, 0) is 15.9 Å². The normalized spacial score (nSPS) is 19.5. The monoisotopic (exact) mass is 246 g/mol. The van der Waals surface area contributed by atoms with Gasteiger partial charge >= 0.3 is 0 Å². The molecule has 96 valence electrons. The fraction of sp³-hybridized carbons (Fsp3) is 0.467. The highest BCUT2D eigenvalue weighted by Crippen LogP contribution is 2.33. The molecule has 0 atom stereocenters. The minimum Gasteiger partial charge on any atom is -0.497 e. The fourth-order valence-corrected chi connectivity index (χ4v) is 2.63. The van der Waals surface area contributed by atoms with Crippen molar-refractivity contribution in [3.63, 3.8) is 0 Å². The first-order valence-electron chi connectivity index (χ1n) is 6.46. The predicted molar refractivity (Wildman–Crippen MR) is 69.6 cm³/mol. The third-order valence-electron chi connectivity index (χ3n) is 3.54. The predicted octanol–water partition coefficient (Wildman–Crippen LogP) is 2.79. The average molecular weight is 246 g/mol. The number of fused-ring (bicyclic) bond motifs is 1. The quantitative estimate of drug-likeness (QED) is 0.820. The Labute approximate surface area is 107 Å². The van der Waals surface area contributed by atoms with Crippen LogP contribution < -0.4 is 4.74 Å². The molecule has 1 fully saturated rings. The average Bonchev–Trinajstić information content (AvgIpc) is 2.91. The van der Waals surface area contributed by atoms with Gasteiger partial charge in [0.15, 0.2) is 6.29 Å². The van der Waals surface area contributed by atoms with Crippen LogP contribution in [-0.4, -0.2) is 26.6 Å². The van der Waals surface area contributed by atoms with Gasteiger partial charge in [0, 0.05) is 6.42 Å². The van der Waals surface area contributed by atoms with Gasteiger partial charge < -0.3 is 14.2 Å². The molecular formula is C15H18O3. The van der Waals surface area contributed by atoms with Crippen molar-refractivity contribution in [1.29, 1.82) is 0 Å². The zero-order valence-electron chi connectivity index (χ0n) is 10.6. The van der Waals surface area contributed by atoms with E-state index >= 15 is 0 Å². The Kier molecular flexibility index (Phi) is 3.35. The summed E-state index contributed by atoms with van der Waals surface area (Å²) < 4.78 is 16.3. The van der Waals surface area contributed by atoms with Crippen LogP contribution in [0.25, 0.3) is 5.57 Å². The van der Waals surface area contributed by atoms with Gasteiger partial charge in [0.2, 0.25) is 0 Å². The maximum Gasteiger partial charge on any atom is 0.161 e. The lowest BCUT2D eigenvalue weighted by atomic mass is 9.89. The molecule has 0 amide bonds. The van der Waals surface area contributed by atoms with E-state index in [1.807, 2.05) is 6.07 Å². The van der Waals surface area contributed by atoms with Gasteiger partial charge in [0.05, 0.1) is 20.3 Å². The Morgan fingerprint density at radius 2 is 2.11 bits per heavy atom. The van der Waals surface area contributed by atoms with Crippen LogP contribution >= 0.6 is 0 Å². The molecule has 0 unspecified atom stereocenters. The van der Waals surface area contributed by atoms with Crippen LogP contribution in [0.3, 0.4) is 0 Å². The van der Waals surface area contributed by atoms with Crippen molar-refractivity contribution >= 4 is 5.57 Å². The molecule has 18 heavy (non-hydrogen) atoms. The van der Waals surface area contributed by atoms with Crippen molar-refractivity contribution < 1.29 is 14.2 Å². The minimum absolute atomic E-state index is 0.0655. The molecule has 2 aliphatic rings. The standard InChI is InChI=1S/C15H18O3/c1-16-13-5-6-14-11(9-13)3-2-4-12(14)10-15-17-7-8-18-15/h4-6,9,15H,2-3,7-8,10H2,1H3. The molecule has 1 aliphatic heterocycles. The second kappa shape index (κ2) is 5.12. The number of rotatable bonds is 3. The third kappa shape index (κ3) is 2.28. The highest BCUT2D eigenvalue weighted by molar-refractivity contribution is 5.71. The second-order valence-electron chi connectivity index (χ2n) is 4.67. The van der Waals surface area contributed by atoms with Gasteiger partial charge in [0.1, 0.15) is 5.75 Å². The van der Waals surface area contributed by atoms with Gasteiger partial charge in [-0.05, 0) is 41.7 Å². The van der Waals surface area contributed by atoms with Crippen LogP contribution in [0.1, 0.15) is 24.0 Å². The molecule has 1 saturated heterocycles. The first-order valence-corrected chi connectivity index (χ1v) is 6.46. The summed E-state index contributed by atoms with van der Waals surface area (Å²) in [4.78, 5) is 0. The van der Waals surface area contributed by atoms with E-state index in [1.54, 1.807) is 7.11 Å². The Morgan fingerprint density at radius 3 is 2.89 bits per heavy atom. The van der Waals surface area contributed by atoms with Crippen molar-refractivity contribution in [2.75, 3.05) is 20.3 Å². The van der Waals surface area contributed by atoms with Crippen molar-refractivity contribution in [3.8, 4) is 5.75 Å². The number of hydrogen-bond acceptors (Lipinski definition) is 3. The fourth-order valence-electron chi connectivity index (χ4n) is 2.63. The van der Waals surface area contributed by atoms with Crippen LogP contribution in [0.4, 0.5) is 0 Å². The molecule has 0 N–H and O–H groups in total. The number of methoxy groups -OCH3 is 1. The van der Waals surface area contributed by atoms with Gasteiger partial charge in [-0.25, -0.2) is 0 Å². The van der Waals surface area contributed by atoms with Crippen molar-refractivity contribution in [2.45, 2.75) is 25.6 Å². The van der Waals surface area contributed by atoms with E-state index in [1.165, 1.54) is 16.7 Å². The largest absolute Gasteiger partial charge is 0.497 e. The van der Waals surface area contributed by atoms with Crippen LogP contribution in [0.2, 0.25) is 0 Å². The Balaban J connectivity index is 1.82. The zero-order chi connectivity index (χ0) is 12.4. The van der Waals surface area contributed by atoms with E-state index in [9.17, 15) is 0 Å². The summed E-state index contributed by atoms with van der Waals surface area (Å²) in [6, 6.07) is 6.31. The first kappa shape index (κ1) is 11.8. The van der Waals surface area contributed by atoms with E-state index in [4.69, 9.17) is 14.2 Å². The molecule has 0 saturated carbocycles. The molecule has 1 aromatic rings. The molecule has 1 aliphatic carbocycles. The molecule has 0 bridgehead atoms. The number of ether oxygens (including phenoxy) is 3. The summed E-state index contributed by atoms with van der Waals surface area (Å²) in [5.74, 6) is 0.934. The summed E-state index contributed by atoms with van der Waals surface area (Å²) in [5, 5.41) is 0. The summed E-state index contributed by atoms with van der Waals surface area (Å²) in [6.45, 7) is 1.43. The number of allylic oxidation sites excluding steroid dienone is 1. The minimum atomic E-state index is -0.0655.